The molecule has 0 aliphatic rings. The number of benzene rings is 11. The van der Waals surface area contributed by atoms with Crippen LogP contribution in [0.4, 0.5) is 34.1 Å². The number of hydrogen-bond acceptors (Lipinski definition) is 6. The van der Waals surface area contributed by atoms with Crippen molar-refractivity contribution in [3.05, 3.63) is 224 Å². The minimum Gasteiger partial charge on any atom is -0.497 e. The summed E-state index contributed by atoms with van der Waals surface area (Å²) in [5.74, 6) is 2.76. The number of thioether (sulfide) groups is 1. The normalized spacial score (nSPS) is 12.2. The molecule has 0 saturated carbocycles. The Bertz CT molecular complexity index is 4140. The van der Waals surface area contributed by atoms with Crippen LogP contribution in [0.2, 0.25) is 0 Å². The van der Waals surface area contributed by atoms with E-state index in [0.29, 0.717) is 0 Å². The Balaban J connectivity index is 1.11. The van der Waals surface area contributed by atoms with Gasteiger partial charge in [-0.2, -0.15) is 12.6 Å². The number of hydrogen-bond donors (Lipinski definition) is 1. The van der Waals surface area contributed by atoms with Crippen LogP contribution in [0, 0.1) is 0 Å². The molecule has 0 aliphatic heterocycles. The van der Waals surface area contributed by atoms with Gasteiger partial charge in [0.25, 0.3) is 0 Å². The molecule has 4 nitrogen and oxygen atoms in total. The summed E-state index contributed by atoms with van der Waals surface area (Å²) in [6.45, 7) is 4.48. The highest BCUT2D eigenvalue weighted by atomic mass is 32.2. The average Bonchev–Trinajstić information content (AvgIpc) is 4.00. The molecule has 0 heterocycles. The lowest BCUT2D eigenvalue weighted by molar-refractivity contribution is 0.414. The molecule has 382 valence electrons. The average molecular weight is 1050 g/mol. The molecule has 0 aromatic heterocycles. The molecular weight excluding hydrogens is 989 g/mol. The van der Waals surface area contributed by atoms with Crippen LogP contribution in [0.3, 0.4) is 0 Å². The smallest absolute Gasteiger partial charge is 0.119 e. The van der Waals surface area contributed by atoms with Crippen molar-refractivity contribution in [3.8, 4) is 33.8 Å². The van der Waals surface area contributed by atoms with Gasteiger partial charge in [-0.1, -0.05) is 148 Å². The van der Waals surface area contributed by atoms with Gasteiger partial charge in [0.1, 0.15) is 11.5 Å². The van der Waals surface area contributed by atoms with Gasteiger partial charge in [-0.3, -0.25) is 0 Å². The minimum absolute atomic E-state index is 0.185. The summed E-state index contributed by atoms with van der Waals surface area (Å²) in [5, 5.41) is 15.2. The van der Waals surface area contributed by atoms with Gasteiger partial charge in [0, 0.05) is 43.7 Å². The summed E-state index contributed by atoms with van der Waals surface area (Å²) in [6, 6.07) is 80.8. The quantitative estimate of drug-likeness (QED) is 0.0557. The maximum absolute atomic E-state index is 5.68. The Morgan fingerprint density at radius 1 is 0.397 bits per heavy atom. The third kappa shape index (κ3) is 8.41. The van der Waals surface area contributed by atoms with E-state index < -0.39 is 0 Å². The zero-order chi connectivity index (χ0) is 52.9. The summed E-state index contributed by atoms with van der Waals surface area (Å²) in [4.78, 5) is 6.11. The molecule has 0 aliphatic carbocycles. The number of anilines is 6. The van der Waals surface area contributed by atoms with E-state index in [1.54, 1.807) is 14.2 Å². The molecule has 13 rings (SSSR count). The first kappa shape index (κ1) is 49.4. The zero-order valence-corrected chi connectivity index (χ0v) is 46.2. The number of unbranched alkanes of at least 4 members (excludes halogenated alkanes) is 1. The van der Waals surface area contributed by atoms with Crippen LogP contribution in [0.5, 0.6) is 11.5 Å². The highest BCUT2D eigenvalue weighted by Gasteiger charge is 2.30. The highest BCUT2D eigenvalue weighted by molar-refractivity contribution is 7.99. The molecule has 0 spiro atoms. The Labute approximate surface area is 466 Å². The first-order valence-corrected chi connectivity index (χ1v) is 28.8. The van der Waals surface area contributed by atoms with E-state index in [-0.39, 0.29) is 5.25 Å². The van der Waals surface area contributed by atoms with E-state index in [2.05, 4.69) is 242 Å². The van der Waals surface area contributed by atoms with Crippen LogP contribution in [-0.2, 0) is 0 Å². The van der Waals surface area contributed by atoms with E-state index in [9.17, 15) is 0 Å². The predicted octanol–water partition coefficient (Wildman–Crippen LogP) is 21.4. The number of ether oxygens (including phenoxy) is 2. The van der Waals surface area contributed by atoms with Crippen molar-refractivity contribution in [1.29, 1.82) is 0 Å². The van der Waals surface area contributed by atoms with Gasteiger partial charge in [0.15, 0.2) is 0 Å². The van der Waals surface area contributed by atoms with Crippen molar-refractivity contribution in [2.24, 2.45) is 0 Å². The van der Waals surface area contributed by atoms with E-state index in [1.165, 1.54) is 110 Å². The van der Waals surface area contributed by atoms with Crippen LogP contribution >= 0.6 is 24.4 Å². The van der Waals surface area contributed by atoms with Crippen molar-refractivity contribution >= 4 is 123 Å². The lowest BCUT2D eigenvalue weighted by Crippen LogP contribution is -2.10. The molecule has 0 amide bonds. The monoisotopic (exact) mass is 1050 g/mol. The van der Waals surface area contributed by atoms with Crippen molar-refractivity contribution < 1.29 is 9.47 Å². The highest BCUT2D eigenvalue weighted by Crippen LogP contribution is 2.58. The molecule has 78 heavy (non-hydrogen) atoms. The fourth-order valence-corrected chi connectivity index (χ4v) is 13.7. The van der Waals surface area contributed by atoms with E-state index in [4.69, 9.17) is 22.1 Å². The molecule has 1 atom stereocenters. The summed E-state index contributed by atoms with van der Waals surface area (Å²) in [5.41, 5.74) is 12.7. The molecule has 6 heteroatoms. The second-order valence-corrected chi connectivity index (χ2v) is 22.2. The molecule has 13 aromatic carbocycles. The number of rotatable bonds is 17. The van der Waals surface area contributed by atoms with Crippen LogP contribution in [0.25, 0.3) is 86.9 Å². The summed E-state index contributed by atoms with van der Waals surface area (Å²) < 4.78 is 11.4. The van der Waals surface area contributed by atoms with Crippen LogP contribution in [0.15, 0.2) is 223 Å². The van der Waals surface area contributed by atoms with Gasteiger partial charge in [0.05, 0.1) is 25.6 Å². The van der Waals surface area contributed by atoms with Gasteiger partial charge in [-0.15, -0.1) is 11.8 Å². The van der Waals surface area contributed by atoms with E-state index >= 15 is 0 Å². The fourth-order valence-electron chi connectivity index (χ4n) is 12.2. The number of thiol groups is 1. The van der Waals surface area contributed by atoms with E-state index in [0.717, 1.165) is 64.2 Å². The summed E-state index contributed by atoms with van der Waals surface area (Å²) in [6.07, 6.45) is 4.50. The fraction of sp³-hybridized carbons (Fsp3) is 0.139. The molecule has 1 unspecified atom stereocenters. The Hall–Kier alpha value is -8.16. The molecule has 0 radical (unpaired) electrons. The predicted molar refractivity (Wildman–Crippen MR) is 339 cm³/mol. The van der Waals surface area contributed by atoms with Crippen molar-refractivity contribution in [1.82, 2.24) is 0 Å². The minimum atomic E-state index is 0.185. The molecule has 0 saturated heterocycles. The van der Waals surface area contributed by atoms with Crippen LogP contribution in [0.1, 0.15) is 50.3 Å². The largest absolute Gasteiger partial charge is 0.497 e. The lowest BCUT2D eigenvalue weighted by atomic mass is 9.87. The SMILES string of the molecule is CCCCSc1ccc(N(c2ccc(OC)cc2)c2ccc3c4c(-c5ccccc5)c5c6cccc7c(N(c8ccc(OC)cc8)c8ccc(C(S)CCC)cc8)ccc(c5c(-c5ccccc5)c4c4cccc2c43)c76)cc1. The van der Waals surface area contributed by atoms with Crippen LogP contribution < -0.4 is 19.3 Å². The number of nitrogens with zero attached hydrogens (tertiary/aromatic N) is 2. The molecule has 0 fully saturated rings. The van der Waals surface area contributed by atoms with Crippen molar-refractivity contribution in [3.63, 3.8) is 0 Å². The summed E-state index contributed by atoms with van der Waals surface area (Å²) >= 11 is 6.93. The third-order valence-electron chi connectivity index (χ3n) is 15.8. The number of methoxy groups -OCH3 is 2. The topological polar surface area (TPSA) is 24.9 Å². The maximum Gasteiger partial charge on any atom is 0.119 e. The van der Waals surface area contributed by atoms with Crippen molar-refractivity contribution in [2.75, 3.05) is 29.8 Å². The van der Waals surface area contributed by atoms with Crippen LogP contribution in [-0.4, -0.2) is 20.0 Å². The molecule has 13 aromatic rings. The second kappa shape index (κ2) is 21.0. The Kier molecular flexibility index (Phi) is 13.3. The molecule has 0 N–H and O–H groups in total. The standard InChI is InChI=1S/C72H60N2O2S2/c1-5-7-45-78-55-39-33-52(34-40-55)74(51-31-37-54(76-4)38-32-51)63-44-42-61-68-57(63)22-15-24-59(68)70-66(48-19-12-9-13-20-48)71-60-41-43-62(56-21-14-23-58(67(56)60)69(71)65(72(61)70)47-17-10-8-11-18-47)73(50-29-35-53(75-3)36-30-50)49-27-25-46(26-28-49)64(77)16-6-2/h8-15,17-44,64,77H,5-7,16,45H2,1-4H3. The van der Waals surface area contributed by atoms with E-state index in [1.807, 2.05) is 11.8 Å². The summed E-state index contributed by atoms with van der Waals surface area (Å²) in [7, 11) is 3.45. The van der Waals surface area contributed by atoms with Gasteiger partial charge in [0.2, 0.25) is 0 Å². The Morgan fingerprint density at radius 3 is 1.21 bits per heavy atom. The third-order valence-corrected chi connectivity index (χ3v) is 17.5. The van der Waals surface area contributed by atoms with Gasteiger partial charge in [-0.25, -0.2) is 0 Å². The Morgan fingerprint density at radius 2 is 0.795 bits per heavy atom. The van der Waals surface area contributed by atoms with Gasteiger partial charge < -0.3 is 19.3 Å². The first-order valence-electron chi connectivity index (χ1n) is 27.3. The zero-order valence-electron chi connectivity index (χ0n) is 44.5. The molecular formula is C72H60N2O2S2. The molecule has 0 bridgehead atoms. The second-order valence-electron chi connectivity index (χ2n) is 20.4. The number of fused-ring (bicyclic) bond motifs is 6. The van der Waals surface area contributed by atoms with Gasteiger partial charge >= 0.3 is 0 Å². The lowest BCUT2D eigenvalue weighted by Gasteiger charge is -2.27. The first-order chi connectivity index (χ1) is 38.5. The van der Waals surface area contributed by atoms with Gasteiger partial charge in [-0.05, 0) is 197 Å². The van der Waals surface area contributed by atoms with Crippen molar-refractivity contribution in [2.45, 2.75) is 49.7 Å². The maximum atomic E-state index is 5.68.